The van der Waals surface area contributed by atoms with Gasteiger partial charge in [-0.2, -0.15) is 0 Å². The van der Waals surface area contributed by atoms with Crippen LogP contribution in [0.1, 0.15) is 5.56 Å². The van der Waals surface area contributed by atoms with E-state index in [-0.39, 0.29) is 22.0 Å². The number of thiophene rings is 1. The highest BCUT2D eigenvalue weighted by Gasteiger charge is 2.18. The number of hydrogen-bond acceptors (Lipinski definition) is 6. The maximum atomic E-state index is 12.4. The molecule has 0 fully saturated rings. The lowest BCUT2D eigenvalue weighted by Gasteiger charge is -2.16. The highest BCUT2D eigenvalue weighted by Crippen LogP contribution is 2.28. The number of anilines is 1. The maximum absolute atomic E-state index is 12.4. The summed E-state index contributed by atoms with van der Waals surface area (Å²) in [6.45, 7) is 0.539. The van der Waals surface area contributed by atoms with Crippen LogP contribution in [0.3, 0.4) is 0 Å². The summed E-state index contributed by atoms with van der Waals surface area (Å²) in [6.07, 6.45) is 0. The Morgan fingerprint density at radius 2 is 2.09 bits per heavy atom. The van der Waals surface area contributed by atoms with Crippen LogP contribution >= 0.6 is 27.3 Å². The quantitative estimate of drug-likeness (QED) is 0.424. The number of nitrogens with zero attached hydrogens (tertiary/aromatic N) is 1. The average molecular weight is 418 g/mol. The van der Waals surface area contributed by atoms with Crippen LogP contribution in [-0.4, -0.2) is 34.6 Å². The van der Waals surface area contributed by atoms with Crippen LogP contribution in [0.15, 0.2) is 49.4 Å². The van der Waals surface area contributed by atoms with E-state index >= 15 is 0 Å². The normalized spacial score (nSPS) is 12.3. The predicted octanol–water partition coefficient (Wildman–Crippen LogP) is 2.06. The molecule has 6 nitrogen and oxygen atoms in total. The van der Waals surface area contributed by atoms with Gasteiger partial charge in [0.2, 0.25) is 0 Å². The van der Waals surface area contributed by atoms with Crippen LogP contribution in [0.4, 0.5) is 5.69 Å². The molecule has 0 amide bonds. The average Bonchev–Trinajstić information content (AvgIpc) is 2.95. The molecule has 0 radical (unpaired) electrons. The van der Waals surface area contributed by atoms with Crippen molar-refractivity contribution in [1.82, 2.24) is 0 Å². The van der Waals surface area contributed by atoms with Gasteiger partial charge < -0.3 is 9.84 Å². The molecule has 0 aliphatic rings. The van der Waals surface area contributed by atoms with E-state index < -0.39 is 15.9 Å². The third kappa shape index (κ3) is 4.77. The molecule has 0 saturated carbocycles. The van der Waals surface area contributed by atoms with Crippen molar-refractivity contribution in [3.63, 3.8) is 0 Å². The van der Waals surface area contributed by atoms with Gasteiger partial charge in [-0.15, -0.1) is 11.3 Å². The third-order valence-corrected chi connectivity index (χ3v) is 6.25. The summed E-state index contributed by atoms with van der Waals surface area (Å²) in [5, 5.41) is 12.1. The summed E-state index contributed by atoms with van der Waals surface area (Å²) in [5.41, 5.74) is 0.394. The molecular weight excluding hydrogens is 404 g/mol. The minimum atomic E-state index is -3.75. The van der Waals surface area contributed by atoms with Crippen LogP contribution in [0.2, 0.25) is 0 Å². The van der Waals surface area contributed by atoms with E-state index in [0.29, 0.717) is 10.4 Å². The smallest absolute Gasteiger partial charge is 0.271 e. The number of sulfonamides is 1. The first kappa shape index (κ1) is 17.9. The monoisotopic (exact) mass is 417 g/mol. The molecule has 0 aliphatic carbocycles. The second kappa shape index (κ2) is 7.91. The third-order valence-electron chi connectivity index (χ3n) is 2.77. The molecule has 1 N–H and O–H groups in total. The van der Waals surface area contributed by atoms with Gasteiger partial charge in [0.25, 0.3) is 10.0 Å². The Morgan fingerprint density at radius 3 is 2.74 bits per heavy atom. The molecule has 23 heavy (non-hydrogen) atoms. The first-order valence-corrected chi connectivity index (χ1v) is 9.61. The summed E-state index contributed by atoms with van der Waals surface area (Å²) in [4.78, 5) is 3.85. The van der Waals surface area contributed by atoms with Gasteiger partial charge in [-0.1, -0.05) is 18.2 Å². The van der Waals surface area contributed by atoms with Crippen LogP contribution in [0.5, 0.6) is 0 Å². The standard InChI is InChI=1S/C14H15BrN2O4S2/c1-21-9-8-16-14(18)10-4-2-3-5-11(10)17-23(19,20)13-7-6-12(15)22-13/h2-7,17H,8-9H2,1H3,(H,16,18)/p-1. The molecule has 0 bridgehead atoms. The van der Waals surface area contributed by atoms with Crippen molar-refractivity contribution in [3.05, 3.63) is 45.7 Å². The van der Waals surface area contributed by atoms with Crippen molar-refractivity contribution in [3.8, 4) is 0 Å². The van der Waals surface area contributed by atoms with Crippen molar-refractivity contribution in [2.24, 2.45) is 4.99 Å². The lowest BCUT2D eigenvalue weighted by molar-refractivity contribution is -0.213. The zero-order chi connectivity index (χ0) is 16.9. The molecular formula is C14H14BrN2O4S2-. The number of nitrogens with one attached hydrogen (secondary N) is 1. The van der Waals surface area contributed by atoms with Crippen LogP contribution in [0.25, 0.3) is 0 Å². The van der Waals surface area contributed by atoms with E-state index in [2.05, 4.69) is 25.6 Å². The van der Waals surface area contributed by atoms with Crippen molar-refractivity contribution in [1.29, 1.82) is 0 Å². The minimum Gasteiger partial charge on any atom is -0.858 e. The first-order valence-electron chi connectivity index (χ1n) is 6.52. The molecule has 9 heteroatoms. The molecule has 1 aromatic carbocycles. The Morgan fingerprint density at radius 1 is 1.35 bits per heavy atom. The van der Waals surface area contributed by atoms with Crippen molar-refractivity contribution in [2.75, 3.05) is 25.0 Å². The Bertz CT molecular complexity index is 803. The van der Waals surface area contributed by atoms with E-state index in [4.69, 9.17) is 4.74 Å². The molecule has 1 heterocycles. The number of halogens is 1. The summed E-state index contributed by atoms with van der Waals surface area (Å²) in [5.74, 6) is -0.493. The van der Waals surface area contributed by atoms with Gasteiger partial charge in [0, 0.05) is 12.7 Å². The van der Waals surface area contributed by atoms with Gasteiger partial charge in [0.05, 0.1) is 22.6 Å². The van der Waals surface area contributed by atoms with E-state index in [0.717, 1.165) is 11.3 Å². The zero-order valence-electron chi connectivity index (χ0n) is 12.2. The summed E-state index contributed by atoms with van der Waals surface area (Å²) >= 11 is 4.31. The number of benzene rings is 1. The lowest BCUT2D eigenvalue weighted by atomic mass is 10.2. The van der Waals surface area contributed by atoms with E-state index in [9.17, 15) is 13.5 Å². The zero-order valence-corrected chi connectivity index (χ0v) is 15.4. The molecule has 0 atom stereocenters. The Kier molecular flexibility index (Phi) is 6.17. The van der Waals surface area contributed by atoms with Crippen LogP contribution < -0.4 is 9.83 Å². The second-order valence-corrected chi connectivity index (χ2v) is 8.76. The van der Waals surface area contributed by atoms with Gasteiger partial charge in [-0.25, -0.2) is 8.42 Å². The topological polar surface area (TPSA) is 90.8 Å². The van der Waals surface area contributed by atoms with E-state index in [1.54, 1.807) is 18.2 Å². The van der Waals surface area contributed by atoms with Gasteiger partial charge in [-0.3, -0.25) is 9.71 Å². The molecule has 0 spiro atoms. The summed E-state index contributed by atoms with van der Waals surface area (Å²) in [7, 11) is -2.24. The molecule has 2 aromatic rings. The number of hydrogen-bond donors (Lipinski definition) is 1. The van der Waals surface area contributed by atoms with Crippen LogP contribution in [-0.2, 0) is 14.8 Å². The predicted molar refractivity (Wildman–Crippen MR) is 92.5 cm³/mol. The number of rotatable bonds is 7. The lowest BCUT2D eigenvalue weighted by Crippen LogP contribution is -2.23. The molecule has 2 rings (SSSR count). The second-order valence-electron chi connectivity index (χ2n) is 4.39. The SMILES string of the molecule is COCCN=C([O-])c1ccccc1NS(=O)(=O)c1ccc(Br)s1. The van der Waals surface area contributed by atoms with Gasteiger partial charge in [0.15, 0.2) is 0 Å². The number of para-hydroxylation sites is 1. The fourth-order valence-electron chi connectivity index (χ4n) is 1.72. The van der Waals surface area contributed by atoms with Gasteiger partial charge in [0.1, 0.15) is 4.21 Å². The highest BCUT2D eigenvalue weighted by molar-refractivity contribution is 9.11. The minimum absolute atomic E-state index is 0.156. The van der Waals surface area contributed by atoms with Crippen molar-refractivity contribution >= 4 is 48.9 Å². The molecule has 0 unspecified atom stereocenters. The van der Waals surface area contributed by atoms with Crippen molar-refractivity contribution in [2.45, 2.75) is 4.21 Å². The molecule has 124 valence electrons. The fourth-order valence-corrected chi connectivity index (χ4v) is 4.81. The first-order chi connectivity index (χ1) is 10.9. The Labute approximate surface area is 147 Å². The van der Waals surface area contributed by atoms with Gasteiger partial charge in [-0.05, 0) is 40.0 Å². The van der Waals surface area contributed by atoms with Crippen LogP contribution in [0, 0.1) is 0 Å². The number of methoxy groups -OCH3 is 1. The van der Waals surface area contributed by atoms with Gasteiger partial charge >= 0.3 is 0 Å². The molecule has 1 aromatic heterocycles. The van der Waals surface area contributed by atoms with E-state index in [1.165, 1.54) is 25.3 Å². The number of aliphatic imine (C=N–C) groups is 1. The van der Waals surface area contributed by atoms with Crippen molar-refractivity contribution < 1.29 is 18.3 Å². The Balaban J connectivity index is 2.29. The molecule has 0 saturated heterocycles. The maximum Gasteiger partial charge on any atom is 0.271 e. The van der Waals surface area contributed by atoms with E-state index in [1.807, 2.05) is 0 Å². The summed E-state index contributed by atoms with van der Waals surface area (Å²) < 4.78 is 32.9. The fraction of sp³-hybridized carbons (Fsp3) is 0.214. The number of ether oxygens (including phenoxy) is 1. The highest BCUT2D eigenvalue weighted by atomic mass is 79.9. The molecule has 0 aliphatic heterocycles. The summed E-state index contributed by atoms with van der Waals surface area (Å²) in [6, 6.07) is 9.49. The largest absolute Gasteiger partial charge is 0.858 e. The Hall–Kier alpha value is -1.42.